The van der Waals surface area contributed by atoms with Crippen LogP contribution in [0.1, 0.15) is 0 Å². The highest BCUT2D eigenvalue weighted by Crippen LogP contribution is 2.12. The van der Waals surface area contributed by atoms with Crippen molar-refractivity contribution in [2.24, 2.45) is 0 Å². The zero-order valence-corrected chi connectivity index (χ0v) is 9.73. The largest absolute Gasteiger partial charge is 0.103 e. The maximum atomic E-state index is 3.68. The van der Waals surface area contributed by atoms with Gasteiger partial charge in [-0.2, -0.15) is 0 Å². The topological polar surface area (TPSA) is 0 Å². The molecule has 0 radical (unpaired) electrons. The first-order valence-corrected chi connectivity index (χ1v) is 8.37. The molecule has 0 nitrogen and oxygen atoms in total. The Kier molecular flexibility index (Phi) is 9.53. The van der Waals surface area contributed by atoms with Gasteiger partial charge in [0.05, 0.1) is 0 Å². The Balaban J connectivity index is 2.90. The molecule has 0 unspecified atom stereocenters. The van der Waals surface area contributed by atoms with Crippen molar-refractivity contribution in [1.82, 2.24) is 0 Å². The molecule has 0 spiro atoms. The maximum Gasteiger partial charge on any atom is 0.0281 e. The fourth-order valence-corrected chi connectivity index (χ4v) is 2.48. The van der Waals surface area contributed by atoms with Crippen molar-refractivity contribution in [3.8, 4) is 0 Å². The van der Waals surface area contributed by atoms with E-state index in [0.29, 0.717) is 0 Å². The van der Waals surface area contributed by atoms with Gasteiger partial charge in [0, 0.05) is 30.7 Å². The normalized spacial score (nSPS) is 11.7. The van der Waals surface area contributed by atoms with Crippen LogP contribution in [0.5, 0.6) is 0 Å². The van der Waals surface area contributed by atoms with Gasteiger partial charge in [-0.3, -0.25) is 0 Å². The minimum Gasteiger partial charge on any atom is -0.103 e. The molecule has 0 aromatic heterocycles. The predicted octanol–water partition coefficient (Wildman–Crippen LogP) is 2.77. The van der Waals surface area contributed by atoms with Crippen molar-refractivity contribution in [3.05, 3.63) is 24.1 Å². The molecular formula is C6H11ISSi. The SMILES string of the molecule is C=CC[SiH2]C/C=C/SI. The molecule has 0 fully saturated rings. The number of hydrogen-bond acceptors (Lipinski definition) is 1. The van der Waals surface area contributed by atoms with Crippen LogP contribution in [0.3, 0.4) is 0 Å². The second-order valence-electron chi connectivity index (χ2n) is 1.68. The first-order chi connectivity index (χ1) is 4.41. The molecule has 3 heteroatoms. The van der Waals surface area contributed by atoms with E-state index in [1.807, 2.05) is 6.08 Å². The summed E-state index contributed by atoms with van der Waals surface area (Å²) in [5.74, 6) is 0. The lowest BCUT2D eigenvalue weighted by Crippen LogP contribution is -1.80. The Hall–Kier alpha value is 0.777. The monoisotopic (exact) mass is 270 g/mol. The average Bonchev–Trinajstić information content (AvgIpc) is 1.89. The third-order valence-electron chi connectivity index (χ3n) is 0.927. The third-order valence-corrected chi connectivity index (χ3v) is 3.66. The molecule has 0 atom stereocenters. The Morgan fingerprint density at radius 1 is 1.56 bits per heavy atom. The van der Waals surface area contributed by atoms with Crippen LogP contribution in [0.2, 0.25) is 12.1 Å². The van der Waals surface area contributed by atoms with Crippen molar-refractivity contribution >= 4 is 39.7 Å². The predicted molar refractivity (Wildman–Crippen MR) is 59.1 cm³/mol. The molecule has 0 amide bonds. The van der Waals surface area contributed by atoms with Gasteiger partial charge in [0.25, 0.3) is 0 Å². The van der Waals surface area contributed by atoms with Gasteiger partial charge in [-0.25, -0.2) is 0 Å². The summed E-state index contributed by atoms with van der Waals surface area (Å²) in [4.78, 5) is 0. The van der Waals surface area contributed by atoms with Crippen LogP contribution in [0.4, 0.5) is 0 Å². The lowest BCUT2D eigenvalue weighted by molar-refractivity contribution is 1.60. The second-order valence-corrected chi connectivity index (χ2v) is 5.52. The van der Waals surface area contributed by atoms with Crippen LogP contribution in [0.25, 0.3) is 0 Å². The molecule has 0 aromatic rings. The quantitative estimate of drug-likeness (QED) is 0.320. The molecule has 0 aliphatic heterocycles. The molecular weight excluding hydrogens is 259 g/mol. The third kappa shape index (κ3) is 8.78. The number of halogens is 1. The van der Waals surface area contributed by atoms with Gasteiger partial charge in [-0.1, -0.05) is 21.1 Å². The van der Waals surface area contributed by atoms with E-state index in [1.54, 1.807) is 8.93 Å². The maximum absolute atomic E-state index is 3.68. The Labute approximate surface area is 75.6 Å². The van der Waals surface area contributed by atoms with Gasteiger partial charge >= 0.3 is 0 Å². The summed E-state index contributed by atoms with van der Waals surface area (Å²) in [6, 6.07) is 2.60. The van der Waals surface area contributed by atoms with Crippen LogP contribution < -0.4 is 0 Å². The molecule has 0 aliphatic rings. The lowest BCUT2D eigenvalue weighted by Gasteiger charge is -1.85. The number of rotatable bonds is 5. The fraction of sp³-hybridized carbons (Fsp3) is 0.333. The van der Waals surface area contributed by atoms with Crippen LogP contribution in [0, 0.1) is 0 Å². The first kappa shape index (κ1) is 9.78. The van der Waals surface area contributed by atoms with E-state index in [4.69, 9.17) is 0 Å². The molecule has 0 bridgehead atoms. The Bertz CT molecular complexity index is 93.1. The van der Waals surface area contributed by atoms with E-state index in [1.165, 1.54) is 12.1 Å². The minimum absolute atomic E-state index is 0.169. The van der Waals surface area contributed by atoms with Crippen LogP contribution in [0.15, 0.2) is 24.1 Å². The fourth-order valence-electron chi connectivity index (χ4n) is 0.484. The molecule has 52 valence electrons. The van der Waals surface area contributed by atoms with Gasteiger partial charge in [0.1, 0.15) is 0 Å². The molecule has 0 saturated heterocycles. The van der Waals surface area contributed by atoms with Crippen LogP contribution >= 0.6 is 30.1 Å². The van der Waals surface area contributed by atoms with Crippen molar-refractivity contribution in [1.29, 1.82) is 0 Å². The van der Waals surface area contributed by atoms with Gasteiger partial charge in [-0.05, 0) is 17.5 Å². The molecule has 0 heterocycles. The van der Waals surface area contributed by atoms with E-state index in [0.717, 1.165) is 0 Å². The zero-order chi connectivity index (χ0) is 6.95. The summed E-state index contributed by atoms with van der Waals surface area (Å²) in [5, 5.41) is 2.15. The van der Waals surface area contributed by atoms with Crippen LogP contribution in [-0.4, -0.2) is 9.52 Å². The second kappa shape index (κ2) is 8.78. The lowest BCUT2D eigenvalue weighted by atomic mass is 10.7. The molecule has 9 heavy (non-hydrogen) atoms. The van der Waals surface area contributed by atoms with E-state index >= 15 is 0 Å². The van der Waals surface area contributed by atoms with Crippen LogP contribution in [-0.2, 0) is 0 Å². The minimum atomic E-state index is 0.169. The highest BCUT2D eigenvalue weighted by atomic mass is 127. The van der Waals surface area contributed by atoms with Crippen molar-refractivity contribution in [2.75, 3.05) is 0 Å². The van der Waals surface area contributed by atoms with E-state index in [-0.39, 0.29) is 9.52 Å². The number of allylic oxidation sites excluding steroid dienone is 2. The summed E-state index contributed by atoms with van der Waals surface area (Å²) in [6.45, 7) is 3.68. The summed E-state index contributed by atoms with van der Waals surface area (Å²) < 4.78 is 0. The Morgan fingerprint density at radius 3 is 2.89 bits per heavy atom. The summed E-state index contributed by atoms with van der Waals surface area (Å²) in [5.41, 5.74) is 0. The molecule has 0 aliphatic carbocycles. The van der Waals surface area contributed by atoms with Crippen molar-refractivity contribution < 1.29 is 0 Å². The summed E-state index contributed by atoms with van der Waals surface area (Å²) in [7, 11) is 1.91. The van der Waals surface area contributed by atoms with Gasteiger partial charge < -0.3 is 0 Å². The van der Waals surface area contributed by atoms with Crippen molar-refractivity contribution in [2.45, 2.75) is 12.1 Å². The van der Waals surface area contributed by atoms with E-state index in [2.05, 4.69) is 39.3 Å². The zero-order valence-electron chi connectivity index (χ0n) is 5.35. The number of hydrogen-bond donors (Lipinski definition) is 0. The summed E-state index contributed by atoms with van der Waals surface area (Å²) in [6.07, 6.45) is 4.28. The highest BCUT2D eigenvalue weighted by molar-refractivity contribution is 14.2. The van der Waals surface area contributed by atoms with Crippen molar-refractivity contribution in [3.63, 3.8) is 0 Å². The van der Waals surface area contributed by atoms with E-state index in [9.17, 15) is 0 Å². The molecule has 0 N–H and O–H groups in total. The molecule has 0 saturated carbocycles. The highest BCUT2D eigenvalue weighted by Gasteiger charge is 1.78. The standard InChI is InChI=1S/C6H11ISSi/c1-2-5-9-6-3-4-8-7/h2-4H,1,5-6,9H2/b4-3+. The average molecular weight is 270 g/mol. The smallest absolute Gasteiger partial charge is 0.0281 e. The molecule has 0 rings (SSSR count). The summed E-state index contributed by atoms with van der Waals surface area (Å²) >= 11 is 2.27. The first-order valence-electron chi connectivity index (χ1n) is 2.95. The van der Waals surface area contributed by atoms with Gasteiger partial charge in [0.15, 0.2) is 0 Å². The molecule has 0 aromatic carbocycles. The van der Waals surface area contributed by atoms with Gasteiger partial charge in [0.2, 0.25) is 0 Å². The van der Waals surface area contributed by atoms with E-state index < -0.39 is 0 Å². The van der Waals surface area contributed by atoms with Gasteiger partial charge in [-0.15, -0.1) is 6.58 Å². The Morgan fingerprint density at radius 2 is 2.33 bits per heavy atom.